The minimum Gasteiger partial charge on any atom is -0.399 e. The molecular formula is C17H22N2. The number of benzene rings is 2. The molecule has 1 unspecified atom stereocenters. The molecule has 0 aliphatic rings. The first-order valence-corrected chi connectivity index (χ1v) is 6.58. The van der Waals surface area contributed by atoms with Crippen LogP contribution in [0.25, 0.3) is 0 Å². The number of anilines is 1. The Morgan fingerprint density at radius 2 is 1.58 bits per heavy atom. The Balaban J connectivity index is 2.48. The van der Waals surface area contributed by atoms with Crippen LogP contribution in [0.15, 0.2) is 42.5 Å². The van der Waals surface area contributed by atoms with Crippen LogP contribution in [0.1, 0.15) is 28.3 Å². The van der Waals surface area contributed by atoms with Gasteiger partial charge >= 0.3 is 0 Å². The molecule has 0 aromatic heterocycles. The third kappa shape index (κ3) is 2.96. The lowest BCUT2D eigenvalue weighted by Gasteiger charge is -2.26. The van der Waals surface area contributed by atoms with E-state index in [2.05, 4.69) is 63.2 Å². The summed E-state index contributed by atoms with van der Waals surface area (Å²) in [6, 6.07) is 15.0. The third-order valence-corrected chi connectivity index (χ3v) is 3.59. The Hall–Kier alpha value is -1.80. The number of hydrogen-bond donors (Lipinski definition) is 1. The SMILES string of the molecule is Cc1ccc(C(c2cccc(N)c2)N(C)C)cc1C. The molecule has 0 aliphatic heterocycles. The lowest BCUT2D eigenvalue weighted by atomic mass is 9.94. The lowest BCUT2D eigenvalue weighted by Crippen LogP contribution is -2.21. The standard InChI is InChI=1S/C17H22N2/c1-12-8-9-15(10-13(12)2)17(19(3)4)14-6-5-7-16(18)11-14/h5-11,17H,18H2,1-4H3. The van der Waals surface area contributed by atoms with E-state index in [1.165, 1.54) is 22.3 Å². The van der Waals surface area contributed by atoms with Crippen molar-refractivity contribution in [1.82, 2.24) is 4.90 Å². The Morgan fingerprint density at radius 1 is 0.895 bits per heavy atom. The van der Waals surface area contributed by atoms with Crippen LogP contribution in [-0.4, -0.2) is 19.0 Å². The monoisotopic (exact) mass is 254 g/mol. The normalized spacial score (nSPS) is 12.7. The van der Waals surface area contributed by atoms with E-state index in [1.807, 2.05) is 12.1 Å². The van der Waals surface area contributed by atoms with Gasteiger partial charge in [-0.1, -0.05) is 30.3 Å². The van der Waals surface area contributed by atoms with Gasteiger partial charge in [-0.15, -0.1) is 0 Å². The molecule has 0 spiro atoms. The molecule has 0 heterocycles. The Bertz CT molecular complexity index is 573. The molecule has 0 aliphatic carbocycles. The van der Waals surface area contributed by atoms with Crippen LogP contribution in [0.5, 0.6) is 0 Å². The van der Waals surface area contributed by atoms with Crippen molar-refractivity contribution in [3.8, 4) is 0 Å². The highest BCUT2D eigenvalue weighted by atomic mass is 15.1. The van der Waals surface area contributed by atoms with Gasteiger partial charge in [0.25, 0.3) is 0 Å². The molecule has 2 nitrogen and oxygen atoms in total. The van der Waals surface area contributed by atoms with Crippen molar-refractivity contribution in [2.75, 3.05) is 19.8 Å². The minimum atomic E-state index is 0.239. The van der Waals surface area contributed by atoms with E-state index in [0.29, 0.717) is 0 Å². The van der Waals surface area contributed by atoms with Crippen LogP contribution in [0, 0.1) is 13.8 Å². The van der Waals surface area contributed by atoms with E-state index in [1.54, 1.807) is 0 Å². The highest BCUT2D eigenvalue weighted by molar-refractivity contribution is 5.45. The van der Waals surface area contributed by atoms with E-state index in [4.69, 9.17) is 5.73 Å². The van der Waals surface area contributed by atoms with E-state index in [-0.39, 0.29) is 6.04 Å². The van der Waals surface area contributed by atoms with Gasteiger partial charge in [0.05, 0.1) is 6.04 Å². The van der Waals surface area contributed by atoms with Crippen LogP contribution in [0.4, 0.5) is 5.69 Å². The number of aryl methyl sites for hydroxylation is 2. The van der Waals surface area contributed by atoms with Crippen molar-refractivity contribution < 1.29 is 0 Å². The van der Waals surface area contributed by atoms with Crippen molar-refractivity contribution in [3.05, 3.63) is 64.7 Å². The van der Waals surface area contributed by atoms with Crippen molar-refractivity contribution in [2.24, 2.45) is 0 Å². The first-order valence-electron chi connectivity index (χ1n) is 6.58. The zero-order valence-electron chi connectivity index (χ0n) is 12.1. The maximum absolute atomic E-state index is 5.91. The number of nitrogen functional groups attached to an aromatic ring is 1. The van der Waals surface area contributed by atoms with Gasteiger partial charge in [0.15, 0.2) is 0 Å². The van der Waals surface area contributed by atoms with Gasteiger partial charge in [-0.2, -0.15) is 0 Å². The average Bonchev–Trinajstić information content (AvgIpc) is 2.33. The fourth-order valence-electron chi connectivity index (χ4n) is 2.45. The van der Waals surface area contributed by atoms with Gasteiger partial charge in [-0.3, -0.25) is 4.90 Å². The molecule has 1 atom stereocenters. The van der Waals surface area contributed by atoms with E-state index >= 15 is 0 Å². The molecule has 0 saturated carbocycles. The first kappa shape index (κ1) is 13.6. The zero-order chi connectivity index (χ0) is 14.0. The smallest absolute Gasteiger partial charge is 0.0597 e. The van der Waals surface area contributed by atoms with E-state index in [9.17, 15) is 0 Å². The molecule has 0 radical (unpaired) electrons. The first-order chi connectivity index (χ1) is 8.99. The summed E-state index contributed by atoms with van der Waals surface area (Å²) in [6.45, 7) is 4.30. The molecule has 0 fully saturated rings. The number of nitrogens with two attached hydrogens (primary N) is 1. The van der Waals surface area contributed by atoms with Crippen LogP contribution in [0.2, 0.25) is 0 Å². The molecule has 0 saturated heterocycles. The largest absolute Gasteiger partial charge is 0.399 e. The average molecular weight is 254 g/mol. The van der Waals surface area contributed by atoms with E-state index in [0.717, 1.165) is 5.69 Å². The summed E-state index contributed by atoms with van der Waals surface area (Å²) < 4.78 is 0. The maximum Gasteiger partial charge on any atom is 0.0597 e. The van der Waals surface area contributed by atoms with Gasteiger partial charge in [0.2, 0.25) is 0 Å². The summed E-state index contributed by atoms with van der Waals surface area (Å²) in [6.07, 6.45) is 0. The van der Waals surface area contributed by atoms with E-state index < -0.39 is 0 Å². The van der Waals surface area contributed by atoms with Gasteiger partial charge < -0.3 is 5.73 Å². The fourth-order valence-corrected chi connectivity index (χ4v) is 2.45. The zero-order valence-corrected chi connectivity index (χ0v) is 12.1. The Labute approximate surface area is 115 Å². The number of hydrogen-bond acceptors (Lipinski definition) is 2. The van der Waals surface area contributed by atoms with Crippen molar-refractivity contribution in [2.45, 2.75) is 19.9 Å². The molecule has 2 heteroatoms. The molecule has 2 aromatic rings. The molecule has 0 amide bonds. The van der Waals surface area contributed by atoms with Gasteiger partial charge in [-0.25, -0.2) is 0 Å². The predicted octanol–water partition coefficient (Wildman–Crippen LogP) is 3.54. The van der Waals surface area contributed by atoms with Crippen molar-refractivity contribution in [1.29, 1.82) is 0 Å². The van der Waals surface area contributed by atoms with Gasteiger partial charge in [0.1, 0.15) is 0 Å². The summed E-state index contributed by atoms with van der Waals surface area (Å²) >= 11 is 0. The lowest BCUT2D eigenvalue weighted by molar-refractivity contribution is 0.342. The second-order valence-electron chi connectivity index (χ2n) is 5.38. The molecule has 2 rings (SSSR count). The maximum atomic E-state index is 5.91. The highest BCUT2D eigenvalue weighted by Gasteiger charge is 2.17. The summed E-state index contributed by atoms with van der Waals surface area (Å²) in [4.78, 5) is 2.22. The van der Waals surface area contributed by atoms with Crippen molar-refractivity contribution in [3.63, 3.8) is 0 Å². The predicted molar refractivity (Wildman–Crippen MR) is 82.3 cm³/mol. The minimum absolute atomic E-state index is 0.239. The Kier molecular flexibility index (Phi) is 3.91. The van der Waals surface area contributed by atoms with Crippen LogP contribution < -0.4 is 5.73 Å². The molecule has 100 valence electrons. The van der Waals surface area contributed by atoms with Crippen molar-refractivity contribution >= 4 is 5.69 Å². The summed E-state index contributed by atoms with van der Waals surface area (Å²) in [5.41, 5.74) is 11.9. The highest BCUT2D eigenvalue weighted by Crippen LogP contribution is 2.28. The molecule has 0 bridgehead atoms. The second kappa shape index (κ2) is 5.45. The van der Waals surface area contributed by atoms with Crippen LogP contribution in [0.3, 0.4) is 0 Å². The fraction of sp³-hybridized carbons (Fsp3) is 0.294. The number of rotatable bonds is 3. The van der Waals surface area contributed by atoms with Crippen LogP contribution in [-0.2, 0) is 0 Å². The van der Waals surface area contributed by atoms with Gasteiger partial charge in [-0.05, 0) is 62.3 Å². The Morgan fingerprint density at radius 3 is 2.16 bits per heavy atom. The molecule has 2 N–H and O–H groups in total. The third-order valence-electron chi connectivity index (χ3n) is 3.59. The summed E-state index contributed by atoms with van der Waals surface area (Å²) in [5, 5.41) is 0. The topological polar surface area (TPSA) is 29.3 Å². The number of nitrogens with zero attached hydrogens (tertiary/aromatic N) is 1. The molecule has 19 heavy (non-hydrogen) atoms. The van der Waals surface area contributed by atoms with Gasteiger partial charge in [0, 0.05) is 5.69 Å². The summed E-state index contributed by atoms with van der Waals surface area (Å²) in [7, 11) is 4.20. The second-order valence-corrected chi connectivity index (χ2v) is 5.38. The van der Waals surface area contributed by atoms with Crippen LogP contribution >= 0.6 is 0 Å². The summed E-state index contributed by atoms with van der Waals surface area (Å²) in [5.74, 6) is 0. The molecular weight excluding hydrogens is 232 g/mol. The quantitative estimate of drug-likeness (QED) is 0.849. The molecule has 2 aromatic carbocycles.